The van der Waals surface area contributed by atoms with Crippen molar-refractivity contribution in [1.29, 1.82) is 0 Å². The highest BCUT2D eigenvalue weighted by molar-refractivity contribution is 8.16. The van der Waals surface area contributed by atoms with Crippen LogP contribution in [0.15, 0.2) is 0 Å². The van der Waals surface area contributed by atoms with E-state index in [0.717, 1.165) is 24.3 Å². The predicted octanol–water partition coefficient (Wildman–Crippen LogP) is 9.35. The van der Waals surface area contributed by atoms with Gasteiger partial charge in [-0.25, -0.2) is 0 Å². The normalized spacial score (nSPS) is 11.1. The number of thioether (sulfide) groups is 2. The average Bonchev–Trinajstić information content (AvgIpc) is 2.74. The maximum atomic E-state index is 11.9. The van der Waals surface area contributed by atoms with Gasteiger partial charge >= 0.3 is 0 Å². The third kappa shape index (κ3) is 24.3. The van der Waals surface area contributed by atoms with Gasteiger partial charge in [0.2, 0.25) is 0 Å². The smallest absolute Gasteiger partial charge is 0.188 e. The highest BCUT2D eigenvalue weighted by atomic mass is 32.2. The summed E-state index contributed by atoms with van der Waals surface area (Å²) in [6.07, 6.45) is 24.6. The Morgan fingerprint density at radius 3 is 1.00 bits per heavy atom. The van der Waals surface area contributed by atoms with E-state index in [-0.39, 0.29) is 0 Å². The van der Waals surface area contributed by atoms with Gasteiger partial charge in [0.05, 0.1) is 0 Å². The van der Waals surface area contributed by atoms with Crippen molar-refractivity contribution in [2.75, 3.05) is 11.5 Å². The molecule has 0 aliphatic rings. The first-order chi connectivity index (χ1) is 14.7. The van der Waals surface area contributed by atoms with Crippen molar-refractivity contribution in [2.45, 2.75) is 142 Å². The Morgan fingerprint density at radius 2 is 0.700 bits per heavy atom. The molecule has 0 aliphatic carbocycles. The van der Waals surface area contributed by atoms with Gasteiger partial charge in [0.1, 0.15) is 0 Å². The van der Waals surface area contributed by atoms with Gasteiger partial charge in [0, 0.05) is 24.3 Å². The van der Waals surface area contributed by atoms with Crippen molar-refractivity contribution >= 4 is 33.8 Å². The molecule has 0 atom stereocenters. The number of rotatable bonds is 23. The Bertz CT molecular complexity index is 349. The van der Waals surface area contributed by atoms with E-state index in [4.69, 9.17) is 0 Å². The SMILES string of the molecule is CCCCCCCCCCCC(=O)SCCSC(=O)CCCCCCCCCCC. The van der Waals surface area contributed by atoms with E-state index in [9.17, 15) is 9.59 Å². The fourth-order valence-electron chi connectivity index (χ4n) is 3.62. The van der Waals surface area contributed by atoms with Gasteiger partial charge in [0.15, 0.2) is 10.2 Å². The van der Waals surface area contributed by atoms with Crippen LogP contribution >= 0.6 is 23.5 Å². The molecule has 0 aromatic carbocycles. The Morgan fingerprint density at radius 1 is 0.433 bits per heavy atom. The zero-order valence-electron chi connectivity index (χ0n) is 20.2. The molecular weight excluding hydrogens is 408 g/mol. The lowest BCUT2D eigenvalue weighted by Gasteiger charge is -2.03. The summed E-state index contributed by atoms with van der Waals surface area (Å²) in [5.41, 5.74) is 0. The van der Waals surface area contributed by atoms with Crippen LogP contribution in [-0.2, 0) is 9.59 Å². The number of hydrogen-bond donors (Lipinski definition) is 0. The molecule has 0 aromatic rings. The first-order valence-corrected chi connectivity index (χ1v) is 15.0. The van der Waals surface area contributed by atoms with E-state index < -0.39 is 0 Å². The number of carbonyl (C=O) groups is 2. The molecule has 178 valence electrons. The molecule has 0 rings (SSSR count). The average molecular weight is 459 g/mol. The van der Waals surface area contributed by atoms with Crippen molar-refractivity contribution < 1.29 is 9.59 Å². The lowest BCUT2D eigenvalue weighted by Crippen LogP contribution is -1.99. The van der Waals surface area contributed by atoms with Crippen molar-refractivity contribution in [2.24, 2.45) is 0 Å². The second-order valence-corrected chi connectivity index (χ2v) is 10.9. The molecule has 0 N–H and O–H groups in total. The minimum Gasteiger partial charge on any atom is -0.287 e. The Hall–Kier alpha value is 0.0400. The number of hydrogen-bond acceptors (Lipinski definition) is 4. The molecule has 0 bridgehead atoms. The summed E-state index contributed by atoms with van der Waals surface area (Å²) >= 11 is 2.85. The number of unbranched alkanes of at least 4 members (excludes halogenated alkanes) is 16. The van der Waals surface area contributed by atoms with Gasteiger partial charge < -0.3 is 0 Å². The van der Waals surface area contributed by atoms with Gasteiger partial charge in [-0.15, -0.1) is 0 Å². The molecule has 0 amide bonds. The van der Waals surface area contributed by atoms with E-state index in [2.05, 4.69) is 13.8 Å². The van der Waals surface area contributed by atoms with Crippen LogP contribution in [0.4, 0.5) is 0 Å². The van der Waals surface area contributed by atoms with Crippen LogP contribution in [0.1, 0.15) is 142 Å². The first-order valence-electron chi connectivity index (χ1n) is 13.0. The Kier molecular flexibility index (Phi) is 25.3. The van der Waals surface area contributed by atoms with Crippen LogP contribution in [0.25, 0.3) is 0 Å². The highest BCUT2D eigenvalue weighted by Gasteiger charge is 2.06. The van der Waals surface area contributed by atoms with E-state index in [1.807, 2.05) is 0 Å². The molecule has 4 heteroatoms. The van der Waals surface area contributed by atoms with Crippen LogP contribution in [0.3, 0.4) is 0 Å². The molecule has 0 saturated carbocycles. The summed E-state index contributed by atoms with van der Waals surface area (Å²) in [6, 6.07) is 0. The van der Waals surface area contributed by atoms with E-state index in [1.165, 1.54) is 126 Å². The molecule has 0 aliphatic heterocycles. The van der Waals surface area contributed by atoms with Crippen molar-refractivity contribution in [3.63, 3.8) is 0 Å². The molecule has 0 heterocycles. The van der Waals surface area contributed by atoms with Crippen LogP contribution in [0.5, 0.6) is 0 Å². The minimum absolute atomic E-state index is 0.310. The summed E-state index contributed by atoms with van der Waals surface area (Å²) in [4.78, 5) is 23.8. The predicted molar refractivity (Wildman–Crippen MR) is 139 cm³/mol. The van der Waals surface area contributed by atoms with Crippen LogP contribution in [0, 0.1) is 0 Å². The Balaban J connectivity index is 3.29. The standard InChI is InChI=1S/C26H50O2S2/c1-3-5-7-9-11-13-15-17-19-21-25(27)29-23-24-30-26(28)22-20-18-16-14-12-10-8-6-4-2/h3-24H2,1-2H3. The maximum absolute atomic E-state index is 11.9. The molecule has 0 radical (unpaired) electrons. The fraction of sp³-hybridized carbons (Fsp3) is 0.923. The number of carbonyl (C=O) groups excluding carboxylic acids is 2. The third-order valence-corrected chi connectivity index (χ3v) is 7.71. The van der Waals surface area contributed by atoms with Crippen LogP contribution in [0.2, 0.25) is 0 Å². The van der Waals surface area contributed by atoms with Gasteiger partial charge in [-0.05, 0) is 12.8 Å². The topological polar surface area (TPSA) is 34.1 Å². The second kappa shape index (κ2) is 25.3. The van der Waals surface area contributed by atoms with Crippen molar-refractivity contribution in [3.05, 3.63) is 0 Å². The highest BCUT2D eigenvalue weighted by Crippen LogP contribution is 2.17. The van der Waals surface area contributed by atoms with Gasteiger partial charge in [-0.2, -0.15) is 0 Å². The Labute approximate surface area is 196 Å². The van der Waals surface area contributed by atoms with E-state index in [1.54, 1.807) is 0 Å². The van der Waals surface area contributed by atoms with Crippen LogP contribution < -0.4 is 0 Å². The zero-order chi connectivity index (χ0) is 22.1. The van der Waals surface area contributed by atoms with Gasteiger partial charge in [0.25, 0.3) is 0 Å². The zero-order valence-corrected chi connectivity index (χ0v) is 21.8. The van der Waals surface area contributed by atoms with E-state index >= 15 is 0 Å². The summed E-state index contributed by atoms with van der Waals surface area (Å²) < 4.78 is 0. The lowest BCUT2D eigenvalue weighted by atomic mass is 10.1. The molecule has 0 unspecified atom stereocenters. The van der Waals surface area contributed by atoms with E-state index in [0.29, 0.717) is 23.1 Å². The van der Waals surface area contributed by atoms with Crippen molar-refractivity contribution in [3.8, 4) is 0 Å². The second-order valence-electron chi connectivity index (χ2n) is 8.60. The summed E-state index contributed by atoms with van der Waals surface area (Å²) in [5.74, 6) is 1.56. The van der Waals surface area contributed by atoms with Gasteiger partial charge in [-0.3, -0.25) is 9.59 Å². The largest absolute Gasteiger partial charge is 0.287 e. The molecular formula is C26H50O2S2. The molecule has 0 fully saturated rings. The third-order valence-electron chi connectivity index (χ3n) is 5.58. The quantitative estimate of drug-likeness (QED) is 0.143. The van der Waals surface area contributed by atoms with Crippen LogP contribution in [-0.4, -0.2) is 21.7 Å². The molecule has 0 spiro atoms. The van der Waals surface area contributed by atoms with Crippen molar-refractivity contribution in [1.82, 2.24) is 0 Å². The van der Waals surface area contributed by atoms with Gasteiger partial charge in [-0.1, -0.05) is 140 Å². The monoisotopic (exact) mass is 458 g/mol. The molecule has 0 aromatic heterocycles. The fourth-order valence-corrected chi connectivity index (χ4v) is 5.31. The lowest BCUT2D eigenvalue weighted by molar-refractivity contribution is -0.111. The molecule has 0 saturated heterocycles. The summed E-state index contributed by atoms with van der Waals surface area (Å²) in [7, 11) is 0. The first kappa shape index (κ1) is 30.0. The maximum Gasteiger partial charge on any atom is 0.188 e. The minimum atomic E-state index is 0.310. The molecule has 2 nitrogen and oxygen atoms in total. The molecule has 30 heavy (non-hydrogen) atoms. The summed E-state index contributed by atoms with van der Waals surface area (Å²) in [5, 5.41) is 0.620. The summed E-state index contributed by atoms with van der Waals surface area (Å²) in [6.45, 7) is 4.51.